The van der Waals surface area contributed by atoms with Crippen LogP contribution in [-0.4, -0.2) is 23.0 Å². The van der Waals surface area contributed by atoms with Gasteiger partial charge in [-0.05, 0) is 48.5 Å². The second kappa shape index (κ2) is 4.30. The standard InChI is InChI=1S/C11H24N2O/c1-8(12-10(2,3)4)9(14)13-11(5,6)7/h8,12H,1-7H3,(H,13,14). The molecule has 0 rings (SSSR count). The van der Waals surface area contributed by atoms with Gasteiger partial charge in [-0.1, -0.05) is 0 Å². The summed E-state index contributed by atoms with van der Waals surface area (Å²) in [7, 11) is 0. The minimum absolute atomic E-state index is 0.0331. The first-order chi connectivity index (χ1) is 6.01. The molecule has 14 heavy (non-hydrogen) atoms. The summed E-state index contributed by atoms with van der Waals surface area (Å²) in [6.45, 7) is 14.0. The van der Waals surface area contributed by atoms with Crippen molar-refractivity contribution in [3.63, 3.8) is 0 Å². The summed E-state index contributed by atoms with van der Waals surface area (Å²) < 4.78 is 0. The molecule has 0 aliphatic rings. The van der Waals surface area contributed by atoms with Crippen LogP contribution in [0.15, 0.2) is 0 Å². The highest BCUT2D eigenvalue weighted by molar-refractivity contribution is 5.82. The molecule has 0 aromatic rings. The molecular formula is C11H24N2O. The van der Waals surface area contributed by atoms with Gasteiger partial charge in [0.1, 0.15) is 0 Å². The molecule has 0 fully saturated rings. The van der Waals surface area contributed by atoms with Gasteiger partial charge in [-0.15, -0.1) is 0 Å². The maximum Gasteiger partial charge on any atom is 0.237 e. The first kappa shape index (κ1) is 13.4. The molecule has 0 saturated heterocycles. The SMILES string of the molecule is CC(NC(C)(C)C)C(=O)NC(C)(C)C. The molecule has 0 heterocycles. The van der Waals surface area contributed by atoms with Crippen molar-refractivity contribution < 1.29 is 4.79 Å². The zero-order valence-electron chi connectivity index (χ0n) is 10.5. The van der Waals surface area contributed by atoms with Crippen LogP contribution in [0, 0.1) is 0 Å². The number of nitrogens with one attached hydrogen (secondary N) is 2. The lowest BCUT2D eigenvalue weighted by molar-refractivity contribution is -0.124. The average Bonchev–Trinajstić information content (AvgIpc) is 1.78. The number of carbonyl (C=O) groups excluding carboxylic acids is 1. The minimum atomic E-state index is -0.162. The lowest BCUT2D eigenvalue weighted by atomic mass is 10.1. The van der Waals surface area contributed by atoms with Gasteiger partial charge in [0.05, 0.1) is 6.04 Å². The molecule has 0 bridgehead atoms. The summed E-state index contributed by atoms with van der Waals surface area (Å²) in [6, 6.07) is -0.158. The Balaban J connectivity index is 4.15. The van der Waals surface area contributed by atoms with Gasteiger partial charge in [-0.3, -0.25) is 4.79 Å². The Labute approximate surface area is 87.6 Å². The van der Waals surface area contributed by atoms with Crippen molar-refractivity contribution in [2.45, 2.75) is 65.6 Å². The first-order valence-corrected chi connectivity index (χ1v) is 5.11. The van der Waals surface area contributed by atoms with Crippen LogP contribution in [-0.2, 0) is 4.79 Å². The summed E-state index contributed by atoms with van der Waals surface area (Å²) in [5.41, 5.74) is -0.195. The van der Waals surface area contributed by atoms with E-state index in [9.17, 15) is 4.79 Å². The van der Waals surface area contributed by atoms with Gasteiger partial charge in [0, 0.05) is 11.1 Å². The topological polar surface area (TPSA) is 41.1 Å². The van der Waals surface area contributed by atoms with Crippen LogP contribution in [0.2, 0.25) is 0 Å². The molecule has 1 unspecified atom stereocenters. The van der Waals surface area contributed by atoms with E-state index in [1.807, 2.05) is 48.5 Å². The fourth-order valence-electron chi connectivity index (χ4n) is 1.19. The molecule has 2 N–H and O–H groups in total. The Morgan fingerprint density at radius 2 is 1.43 bits per heavy atom. The zero-order valence-corrected chi connectivity index (χ0v) is 10.5. The van der Waals surface area contributed by atoms with Gasteiger partial charge < -0.3 is 10.6 Å². The van der Waals surface area contributed by atoms with Crippen molar-refractivity contribution in [1.29, 1.82) is 0 Å². The van der Waals surface area contributed by atoms with Crippen LogP contribution >= 0.6 is 0 Å². The Morgan fingerprint density at radius 3 is 1.71 bits per heavy atom. The quantitative estimate of drug-likeness (QED) is 0.712. The molecule has 0 aliphatic carbocycles. The zero-order chi connectivity index (χ0) is 11.6. The normalized spacial score (nSPS) is 15.1. The van der Waals surface area contributed by atoms with Crippen LogP contribution in [0.1, 0.15) is 48.5 Å². The summed E-state index contributed by atoms with van der Waals surface area (Å²) >= 11 is 0. The highest BCUT2D eigenvalue weighted by Gasteiger charge is 2.22. The molecule has 0 aromatic carbocycles. The molecule has 0 saturated carbocycles. The van der Waals surface area contributed by atoms with Gasteiger partial charge in [0.15, 0.2) is 0 Å². The van der Waals surface area contributed by atoms with Crippen molar-refractivity contribution in [1.82, 2.24) is 10.6 Å². The smallest absolute Gasteiger partial charge is 0.237 e. The van der Waals surface area contributed by atoms with Gasteiger partial charge in [0.25, 0.3) is 0 Å². The average molecular weight is 200 g/mol. The lowest BCUT2D eigenvalue weighted by Gasteiger charge is -2.28. The molecule has 84 valence electrons. The molecule has 0 spiro atoms. The third-order valence-electron chi connectivity index (χ3n) is 1.54. The Bertz CT molecular complexity index is 198. The van der Waals surface area contributed by atoms with E-state index in [0.29, 0.717) is 0 Å². The largest absolute Gasteiger partial charge is 0.350 e. The Morgan fingerprint density at radius 1 is 1.00 bits per heavy atom. The monoisotopic (exact) mass is 200 g/mol. The molecule has 3 heteroatoms. The van der Waals surface area contributed by atoms with E-state index in [1.54, 1.807) is 0 Å². The molecule has 1 amide bonds. The summed E-state index contributed by atoms with van der Waals surface area (Å²) in [5.74, 6) is 0.0485. The van der Waals surface area contributed by atoms with Gasteiger partial charge in [0.2, 0.25) is 5.91 Å². The maximum atomic E-state index is 11.7. The number of carbonyl (C=O) groups is 1. The van der Waals surface area contributed by atoms with Crippen LogP contribution in [0.4, 0.5) is 0 Å². The molecule has 0 aliphatic heterocycles. The number of hydrogen-bond donors (Lipinski definition) is 2. The van der Waals surface area contributed by atoms with Gasteiger partial charge in [-0.25, -0.2) is 0 Å². The Hall–Kier alpha value is -0.570. The van der Waals surface area contributed by atoms with Crippen LogP contribution in [0.25, 0.3) is 0 Å². The fraction of sp³-hybridized carbons (Fsp3) is 0.909. The predicted molar refractivity (Wildman–Crippen MR) is 60.2 cm³/mol. The van der Waals surface area contributed by atoms with E-state index in [0.717, 1.165) is 0 Å². The lowest BCUT2D eigenvalue weighted by Crippen LogP contribution is -2.53. The van der Waals surface area contributed by atoms with E-state index in [4.69, 9.17) is 0 Å². The van der Waals surface area contributed by atoms with Crippen molar-refractivity contribution >= 4 is 5.91 Å². The van der Waals surface area contributed by atoms with E-state index < -0.39 is 0 Å². The second-order valence-corrected chi connectivity index (χ2v) is 5.86. The van der Waals surface area contributed by atoms with E-state index in [2.05, 4.69) is 10.6 Å². The summed E-state index contributed by atoms with van der Waals surface area (Å²) in [6.07, 6.45) is 0. The van der Waals surface area contributed by atoms with Crippen molar-refractivity contribution in [3.8, 4) is 0 Å². The molecule has 3 nitrogen and oxygen atoms in total. The van der Waals surface area contributed by atoms with Crippen molar-refractivity contribution in [2.24, 2.45) is 0 Å². The van der Waals surface area contributed by atoms with Crippen molar-refractivity contribution in [2.75, 3.05) is 0 Å². The number of hydrogen-bond acceptors (Lipinski definition) is 2. The third kappa shape index (κ3) is 6.89. The fourth-order valence-corrected chi connectivity index (χ4v) is 1.19. The molecule has 0 aromatic heterocycles. The first-order valence-electron chi connectivity index (χ1n) is 5.11. The van der Waals surface area contributed by atoms with Crippen LogP contribution in [0.5, 0.6) is 0 Å². The minimum Gasteiger partial charge on any atom is -0.350 e. The van der Waals surface area contributed by atoms with Crippen molar-refractivity contribution in [3.05, 3.63) is 0 Å². The molecule has 0 radical (unpaired) electrons. The highest BCUT2D eigenvalue weighted by atomic mass is 16.2. The summed E-state index contributed by atoms with van der Waals surface area (Å²) in [4.78, 5) is 11.7. The van der Waals surface area contributed by atoms with E-state index >= 15 is 0 Å². The van der Waals surface area contributed by atoms with E-state index in [1.165, 1.54) is 0 Å². The maximum absolute atomic E-state index is 11.7. The predicted octanol–water partition coefficient (Wildman–Crippen LogP) is 1.68. The highest BCUT2D eigenvalue weighted by Crippen LogP contribution is 2.03. The van der Waals surface area contributed by atoms with Crippen LogP contribution in [0.3, 0.4) is 0 Å². The van der Waals surface area contributed by atoms with Gasteiger partial charge in [-0.2, -0.15) is 0 Å². The number of rotatable bonds is 2. The second-order valence-electron chi connectivity index (χ2n) is 5.86. The third-order valence-corrected chi connectivity index (χ3v) is 1.54. The van der Waals surface area contributed by atoms with Gasteiger partial charge >= 0.3 is 0 Å². The molecule has 1 atom stereocenters. The number of amides is 1. The molecular weight excluding hydrogens is 176 g/mol. The van der Waals surface area contributed by atoms with Crippen LogP contribution < -0.4 is 10.6 Å². The van der Waals surface area contributed by atoms with E-state index in [-0.39, 0.29) is 23.0 Å². The summed E-state index contributed by atoms with van der Waals surface area (Å²) in [5, 5.41) is 6.17. The Kier molecular flexibility index (Phi) is 4.13.